The molecule has 0 spiro atoms. The topological polar surface area (TPSA) is 63.3 Å². The molecule has 0 saturated heterocycles. The lowest BCUT2D eigenvalue weighted by molar-refractivity contribution is 0.0692. The first-order valence-corrected chi connectivity index (χ1v) is 6.35. The van der Waals surface area contributed by atoms with E-state index in [4.69, 9.17) is 4.52 Å². The van der Waals surface area contributed by atoms with Crippen molar-refractivity contribution in [2.45, 2.75) is 32.6 Å². The maximum Gasteiger partial charge on any atom is 0.341 e. The molecule has 4 heteroatoms. The van der Waals surface area contributed by atoms with Gasteiger partial charge >= 0.3 is 5.97 Å². The Bertz CT molecular complexity index is 558. The summed E-state index contributed by atoms with van der Waals surface area (Å²) in [6.07, 6.45) is 1.33. The minimum atomic E-state index is -0.965. The van der Waals surface area contributed by atoms with Crippen LogP contribution < -0.4 is 0 Å². The van der Waals surface area contributed by atoms with Gasteiger partial charge in [0.2, 0.25) is 0 Å². The number of aromatic nitrogens is 1. The lowest BCUT2D eigenvalue weighted by Crippen LogP contribution is -2.05. The van der Waals surface area contributed by atoms with Gasteiger partial charge in [-0.15, -0.1) is 0 Å². The van der Waals surface area contributed by atoms with E-state index in [2.05, 4.69) is 5.16 Å². The summed E-state index contributed by atoms with van der Waals surface area (Å²) < 4.78 is 5.18. The van der Waals surface area contributed by atoms with Crippen molar-refractivity contribution in [1.82, 2.24) is 5.16 Å². The summed E-state index contributed by atoms with van der Waals surface area (Å²) >= 11 is 0. The Balaban J connectivity index is 2.19. The van der Waals surface area contributed by atoms with Crippen LogP contribution >= 0.6 is 0 Å². The lowest BCUT2D eigenvalue weighted by Gasteiger charge is -2.02. The number of hydrogen-bond donors (Lipinski definition) is 1. The van der Waals surface area contributed by atoms with Gasteiger partial charge in [0.15, 0.2) is 5.76 Å². The standard InChI is InChI=1S/C15H17NO3/c1-10(2)14-13(15(17)18)12(16-19-14)9-8-11-6-4-3-5-7-11/h3-7,10H,8-9H2,1-2H3,(H,17,18). The molecule has 1 N–H and O–H groups in total. The van der Waals surface area contributed by atoms with Gasteiger partial charge in [-0.1, -0.05) is 49.3 Å². The number of aromatic carboxylic acids is 1. The summed E-state index contributed by atoms with van der Waals surface area (Å²) in [5, 5.41) is 13.2. The fraction of sp³-hybridized carbons (Fsp3) is 0.333. The third-order valence-corrected chi connectivity index (χ3v) is 3.02. The quantitative estimate of drug-likeness (QED) is 0.895. The highest BCUT2D eigenvalue weighted by atomic mass is 16.5. The summed E-state index contributed by atoms with van der Waals surface area (Å²) in [7, 11) is 0. The van der Waals surface area contributed by atoms with Crippen LogP contribution in [0, 0.1) is 0 Å². The fourth-order valence-electron chi connectivity index (χ4n) is 2.04. The van der Waals surface area contributed by atoms with E-state index in [1.165, 1.54) is 0 Å². The Kier molecular flexibility index (Phi) is 4.00. The Morgan fingerprint density at radius 3 is 2.53 bits per heavy atom. The first kappa shape index (κ1) is 13.3. The summed E-state index contributed by atoms with van der Waals surface area (Å²) in [4.78, 5) is 11.3. The number of aryl methyl sites for hydroxylation is 2. The first-order chi connectivity index (χ1) is 9.09. The highest BCUT2D eigenvalue weighted by molar-refractivity contribution is 5.90. The Hall–Kier alpha value is -2.10. The van der Waals surface area contributed by atoms with E-state index in [1.807, 2.05) is 44.2 Å². The molecule has 4 nitrogen and oxygen atoms in total. The lowest BCUT2D eigenvalue weighted by atomic mass is 10.0. The van der Waals surface area contributed by atoms with E-state index in [-0.39, 0.29) is 11.5 Å². The molecule has 0 aliphatic heterocycles. The van der Waals surface area contributed by atoms with Crippen LogP contribution in [0.4, 0.5) is 0 Å². The summed E-state index contributed by atoms with van der Waals surface area (Å²) in [6.45, 7) is 3.79. The Morgan fingerprint density at radius 1 is 1.26 bits per heavy atom. The molecule has 1 heterocycles. The normalized spacial score (nSPS) is 10.9. The van der Waals surface area contributed by atoms with Gasteiger partial charge in [0.05, 0.1) is 5.69 Å². The monoisotopic (exact) mass is 259 g/mol. The molecule has 0 fully saturated rings. The maximum atomic E-state index is 11.3. The van der Waals surface area contributed by atoms with Gasteiger partial charge in [-0.2, -0.15) is 0 Å². The molecule has 100 valence electrons. The predicted molar refractivity (Wildman–Crippen MR) is 71.4 cm³/mol. The minimum Gasteiger partial charge on any atom is -0.477 e. The number of carbonyl (C=O) groups is 1. The molecule has 0 aliphatic rings. The van der Waals surface area contributed by atoms with Gasteiger partial charge in [-0.3, -0.25) is 0 Å². The smallest absolute Gasteiger partial charge is 0.341 e. The number of rotatable bonds is 5. The highest BCUT2D eigenvalue weighted by Gasteiger charge is 2.23. The fourth-order valence-corrected chi connectivity index (χ4v) is 2.04. The molecule has 2 rings (SSSR count). The van der Waals surface area contributed by atoms with Crippen molar-refractivity contribution < 1.29 is 14.4 Å². The molecule has 0 bridgehead atoms. The van der Waals surface area contributed by atoms with E-state index < -0.39 is 5.97 Å². The van der Waals surface area contributed by atoms with Crippen LogP contribution in [-0.2, 0) is 12.8 Å². The van der Waals surface area contributed by atoms with Crippen LogP contribution in [0.5, 0.6) is 0 Å². The van der Waals surface area contributed by atoms with Crippen molar-refractivity contribution in [2.24, 2.45) is 0 Å². The zero-order valence-electron chi connectivity index (χ0n) is 11.1. The second-order valence-corrected chi connectivity index (χ2v) is 4.81. The molecule has 0 amide bonds. The van der Waals surface area contributed by atoms with Crippen LogP contribution in [0.3, 0.4) is 0 Å². The van der Waals surface area contributed by atoms with Crippen LogP contribution in [0.15, 0.2) is 34.9 Å². The summed E-state index contributed by atoms with van der Waals surface area (Å²) in [5.41, 5.74) is 1.92. The van der Waals surface area contributed by atoms with Crippen molar-refractivity contribution in [2.75, 3.05) is 0 Å². The van der Waals surface area contributed by atoms with Gasteiger partial charge in [0.1, 0.15) is 5.56 Å². The second-order valence-electron chi connectivity index (χ2n) is 4.81. The first-order valence-electron chi connectivity index (χ1n) is 6.35. The van der Waals surface area contributed by atoms with E-state index in [0.717, 1.165) is 12.0 Å². The average molecular weight is 259 g/mol. The molecule has 0 radical (unpaired) electrons. The van der Waals surface area contributed by atoms with Crippen molar-refractivity contribution in [3.63, 3.8) is 0 Å². The molecule has 0 unspecified atom stereocenters. The van der Waals surface area contributed by atoms with Gasteiger partial charge in [-0.05, 0) is 18.4 Å². The highest BCUT2D eigenvalue weighted by Crippen LogP contribution is 2.23. The molecule has 0 saturated carbocycles. The molecule has 2 aromatic rings. The zero-order chi connectivity index (χ0) is 13.8. The zero-order valence-corrected chi connectivity index (χ0v) is 11.1. The van der Waals surface area contributed by atoms with E-state index in [1.54, 1.807) is 0 Å². The van der Waals surface area contributed by atoms with Crippen molar-refractivity contribution in [3.8, 4) is 0 Å². The number of carboxylic acid groups (broad SMARTS) is 1. The molecule has 1 aromatic heterocycles. The van der Waals surface area contributed by atoms with Crippen molar-refractivity contribution >= 4 is 5.97 Å². The number of benzene rings is 1. The molecular formula is C15H17NO3. The van der Waals surface area contributed by atoms with Crippen LogP contribution in [0.25, 0.3) is 0 Å². The summed E-state index contributed by atoms with van der Waals surface area (Å²) in [6, 6.07) is 9.93. The third kappa shape index (κ3) is 3.02. The van der Waals surface area contributed by atoms with E-state index in [0.29, 0.717) is 17.9 Å². The largest absolute Gasteiger partial charge is 0.477 e. The maximum absolute atomic E-state index is 11.3. The van der Waals surface area contributed by atoms with Gasteiger partial charge in [-0.25, -0.2) is 4.79 Å². The molecule has 19 heavy (non-hydrogen) atoms. The van der Waals surface area contributed by atoms with Crippen LogP contribution in [0.2, 0.25) is 0 Å². The minimum absolute atomic E-state index is 0.0177. The van der Waals surface area contributed by atoms with Gasteiger partial charge in [0, 0.05) is 5.92 Å². The molecule has 1 aromatic carbocycles. The van der Waals surface area contributed by atoms with E-state index in [9.17, 15) is 9.90 Å². The van der Waals surface area contributed by atoms with Crippen molar-refractivity contribution in [3.05, 3.63) is 52.9 Å². The van der Waals surface area contributed by atoms with Crippen molar-refractivity contribution in [1.29, 1.82) is 0 Å². The number of hydrogen-bond acceptors (Lipinski definition) is 3. The van der Waals surface area contributed by atoms with Gasteiger partial charge < -0.3 is 9.63 Å². The number of carboxylic acids is 1. The molecule has 0 atom stereocenters. The summed E-state index contributed by atoms with van der Waals surface area (Å²) in [5.74, 6) is -0.493. The second kappa shape index (κ2) is 5.69. The average Bonchev–Trinajstić information content (AvgIpc) is 2.81. The Labute approximate surface area is 112 Å². The predicted octanol–water partition coefficient (Wildman–Crippen LogP) is 3.28. The molecular weight excluding hydrogens is 242 g/mol. The number of nitrogens with zero attached hydrogens (tertiary/aromatic N) is 1. The Morgan fingerprint density at radius 2 is 1.95 bits per heavy atom. The van der Waals surface area contributed by atoms with Gasteiger partial charge in [0.25, 0.3) is 0 Å². The SMILES string of the molecule is CC(C)c1onc(CCc2ccccc2)c1C(=O)O. The molecule has 0 aliphatic carbocycles. The van der Waals surface area contributed by atoms with Crippen LogP contribution in [0.1, 0.15) is 47.1 Å². The van der Waals surface area contributed by atoms with Crippen LogP contribution in [-0.4, -0.2) is 16.2 Å². The third-order valence-electron chi connectivity index (χ3n) is 3.02. The van der Waals surface area contributed by atoms with E-state index >= 15 is 0 Å².